The normalized spacial score (nSPS) is 19.3. The first-order valence-electron chi connectivity index (χ1n) is 7.98. The lowest BCUT2D eigenvalue weighted by atomic mass is 10.1. The van der Waals surface area contributed by atoms with Crippen LogP contribution in [0.15, 0.2) is 42.7 Å². The van der Waals surface area contributed by atoms with Crippen LogP contribution in [-0.4, -0.2) is 39.5 Å². The molecule has 5 heteroatoms. The Labute approximate surface area is 135 Å². The van der Waals surface area contributed by atoms with Crippen molar-refractivity contribution in [2.75, 3.05) is 19.7 Å². The minimum absolute atomic E-state index is 0.0190. The van der Waals surface area contributed by atoms with Gasteiger partial charge in [0.2, 0.25) is 0 Å². The molecule has 0 aliphatic carbocycles. The van der Waals surface area contributed by atoms with Crippen molar-refractivity contribution in [2.45, 2.75) is 19.6 Å². The van der Waals surface area contributed by atoms with Gasteiger partial charge in [-0.3, -0.25) is 9.88 Å². The van der Waals surface area contributed by atoms with E-state index in [1.54, 1.807) is 0 Å². The Hall–Kier alpha value is -2.24. The Kier molecular flexibility index (Phi) is 3.81. The van der Waals surface area contributed by atoms with Crippen LogP contribution >= 0.6 is 0 Å². The van der Waals surface area contributed by atoms with Gasteiger partial charge in [0, 0.05) is 43.1 Å². The van der Waals surface area contributed by atoms with E-state index >= 15 is 0 Å². The number of benzene rings is 1. The molecule has 1 aliphatic rings. The summed E-state index contributed by atoms with van der Waals surface area (Å²) in [5.74, 6) is 0.923. The summed E-state index contributed by atoms with van der Waals surface area (Å²) in [7, 11) is 0. The largest absolute Gasteiger partial charge is 0.368 e. The zero-order valence-electron chi connectivity index (χ0n) is 13.2. The lowest BCUT2D eigenvalue weighted by Gasteiger charge is -2.32. The van der Waals surface area contributed by atoms with Gasteiger partial charge in [0.05, 0.1) is 12.1 Å². The Balaban J connectivity index is 1.54. The van der Waals surface area contributed by atoms with E-state index < -0.39 is 0 Å². The summed E-state index contributed by atoms with van der Waals surface area (Å²) in [6.45, 7) is 5.44. The molecule has 118 valence electrons. The first-order valence-corrected chi connectivity index (χ1v) is 7.98. The SMILES string of the molecule is Cc1cnc([C@H]2CN(Cc3ccnc4ccccc34)CCO2)[nH]1. The van der Waals surface area contributed by atoms with Gasteiger partial charge in [-0.25, -0.2) is 4.98 Å². The standard InChI is InChI=1S/C18H20N4O/c1-13-10-20-18(21-13)17-12-22(8-9-23-17)11-14-6-7-19-16-5-3-2-4-15(14)16/h2-7,10,17H,8-9,11-12H2,1H3,(H,20,21)/t17-/m1/s1. The molecule has 0 unspecified atom stereocenters. The molecule has 1 aliphatic heterocycles. The number of nitrogens with one attached hydrogen (secondary N) is 1. The number of aromatic amines is 1. The zero-order valence-corrected chi connectivity index (χ0v) is 13.2. The van der Waals surface area contributed by atoms with E-state index in [0.29, 0.717) is 0 Å². The van der Waals surface area contributed by atoms with Gasteiger partial charge in [-0.15, -0.1) is 0 Å². The number of pyridine rings is 1. The molecule has 1 saturated heterocycles. The van der Waals surface area contributed by atoms with Crippen LogP contribution in [0.25, 0.3) is 10.9 Å². The fourth-order valence-electron chi connectivity index (χ4n) is 3.14. The van der Waals surface area contributed by atoms with E-state index in [0.717, 1.165) is 43.3 Å². The summed E-state index contributed by atoms with van der Waals surface area (Å²) in [5.41, 5.74) is 3.43. The number of nitrogens with zero attached hydrogens (tertiary/aromatic N) is 3. The highest BCUT2D eigenvalue weighted by Gasteiger charge is 2.24. The molecule has 1 N–H and O–H groups in total. The highest BCUT2D eigenvalue weighted by molar-refractivity contribution is 5.81. The van der Waals surface area contributed by atoms with Crippen molar-refractivity contribution < 1.29 is 4.74 Å². The number of ether oxygens (including phenoxy) is 1. The van der Waals surface area contributed by atoms with Crippen molar-refractivity contribution in [3.63, 3.8) is 0 Å². The van der Waals surface area contributed by atoms with E-state index in [-0.39, 0.29) is 6.10 Å². The minimum Gasteiger partial charge on any atom is -0.368 e. The van der Waals surface area contributed by atoms with Gasteiger partial charge in [-0.2, -0.15) is 0 Å². The van der Waals surface area contributed by atoms with Crippen LogP contribution in [0.4, 0.5) is 0 Å². The molecule has 0 saturated carbocycles. The Morgan fingerprint density at radius 3 is 3.04 bits per heavy atom. The maximum atomic E-state index is 5.88. The number of fused-ring (bicyclic) bond motifs is 1. The highest BCUT2D eigenvalue weighted by Crippen LogP contribution is 2.23. The molecule has 0 spiro atoms. The number of morpholine rings is 1. The average molecular weight is 308 g/mol. The van der Waals surface area contributed by atoms with Crippen LogP contribution in [0.5, 0.6) is 0 Å². The maximum Gasteiger partial charge on any atom is 0.136 e. The van der Waals surface area contributed by atoms with Gasteiger partial charge in [-0.1, -0.05) is 18.2 Å². The summed E-state index contributed by atoms with van der Waals surface area (Å²) in [6.07, 6.45) is 3.77. The molecule has 5 nitrogen and oxygen atoms in total. The van der Waals surface area contributed by atoms with Gasteiger partial charge < -0.3 is 9.72 Å². The minimum atomic E-state index is 0.0190. The van der Waals surface area contributed by atoms with Crippen molar-refractivity contribution >= 4 is 10.9 Å². The molecule has 3 aromatic rings. The van der Waals surface area contributed by atoms with E-state index in [2.05, 4.69) is 44.1 Å². The van der Waals surface area contributed by atoms with Crippen LogP contribution in [-0.2, 0) is 11.3 Å². The number of hydrogen-bond acceptors (Lipinski definition) is 4. The molecule has 3 heterocycles. The molecule has 1 fully saturated rings. The van der Waals surface area contributed by atoms with Gasteiger partial charge in [0.1, 0.15) is 11.9 Å². The third-order valence-electron chi connectivity index (χ3n) is 4.31. The van der Waals surface area contributed by atoms with E-state index in [1.165, 1.54) is 10.9 Å². The lowest BCUT2D eigenvalue weighted by Crippen LogP contribution is -2.38. The molecule has 0 amide bonds. The second kappa shape index (κ2) is 6.10. The van der Waals surface area contributed by atoms with Gasteiger partial charge in [0.15, 0.2) is 0 Å². The van der Waals surface area contributed by atoms with Gasteiger partial charge in [-0.05, 0) is 24.6 Å². The molecule has 23 heavy (non-hydrogen) atoms. The summed E-state index contributed by atoms with van der Waals surface area (Å²) in [4.78, 5) is 14.6. The number of imidazole rings is 1. The second-order valence-electron chi connectivity index (χ2n) is 6.03. The fraction of sp³-hybridized carbons (Fsp3) is 0.333. The van der Waals surface area contributed by atoms with Crippen LogP contribution in [0.2, 0.25) is 0 Å². The summed E-state index contributed by atoms with van der Waals surface area (Å²) < 4.78 is 5.88. The maximum absolute atomic E-state index is 5.88. The number of aromatic nitrogens is 3. The predicted octanol–water partition coefficient (Wildman–Crippen LogP) is 2.84. The zero-order chi connectivity index (χ0) is 15.6. The van der Waals surface area contributed by atoms with Crippen molar-refractivity contribution in [3.8, 4) is 0 Å². The van der Waals surface area contributed by atoms with Crippen molar-refractivity contribution in [1.29, 1.82) is 0 Å². The number of rotatable bonds is 3. The number of para-hydroxylation sites is 1. The molecule has 0 bridgehead atoms. The van der Waals surface area contributed by atoms with Crippen LogP contribution < -0.4 is 0 Å². The van der Waals surface area contributed by atoms with Crippen molar-refractivity contribution in [3.05, 3.63) is 59.8 Å². The average Bonchev–Trinajstić information content (AvgIpc) is 3.02. The Bertz CT molecular complexity index is 808. The molecule has 2 aromatic heterocycles. The van der Waals surface area contributed by atoms with Crippen LogP contribution in [0, 0.1) is 6.92 Å². The van der Waals surface area contributed by atoms with E-state index in [4.69, 9.17) is 4.74 Å². The van der Waals surface area contributed by atoms with Crippen LogP contribution in [0.3, 0.4) is 0 Å². The molecular weight excluding hydrogens is 288 g/mol. The van der Waals surface area contributed by atoms with E-state index in [1.807, 2.05) is 25.4 Å². The van der Waals surface area contributed by atoms with Crippen LogP contribution in [0.1, 0.15) is 23.2 Å². The topological polar surface area (TPSA) is 54.0 Å². The molecule has 4 rings (SSSR count). The Morgan fingerprint density at radius 2 is 2.17 bits per heavy atom. The van der Waals surface area contributed by atoms with E-state index in [9.17, 15) is 0 Å². The first kappa shape index (κ1) is 14.4. The first-order chi connectivity index (χ1) is 11.3. The highest BCUT2D eigenvalue weighted by atomic mass is 16.5. The number of aryl methyl sites for hydroxylation is 1. The molecule has 1 aromatic carbocycles. The van der Waals surface area contributed by atoms with Crippen molar-refractivity contribution in [1.82, 2.24) is 19.9 Å². The summed E-state index contributed by atoms with van der Waals surface area (Å²) in [6, 6.07) is 10.4. The third-order valence-corrected chi connectivity index (χ3v) is 4.31. The monoisotopic (exact) mass is 308 g/mol. The lowest BCUT2D eigenvalue weighted by molar-refractivity contribution is -0.0367. The quantitative estimate of drug-likeness (QED) is 0.808. The van der Waals surface area contributed by atoms with Gasteiger partial charge >= 0.3 is 0 Å². The second-order valence-corrected chi connectivity index (χ2v) is 6.03. The fourth-order valence-corrected chi connectivity index (χ4v) is 3.14. The molecule has 0 radical (unpaired) electrons. The smallest absolute Gasteiger partial charge is 0.136 e. The predicted molar refractivity (Wildman–Crippen MR) is 89.0 cm³/mol. The summed E-state index contributed by atoms with van der Waals surface area (Å²) in [5, 5.41) is 1.23. The number of H-pyrrole nitrogens is 1. The third kappa shape index (κ3) is 2.98. The van der Waals surface area contributed by atoms with Gasteiger partial charge in [0.25, 0.3) is 0 Å². The molecule has 1 atom stereocenters. The Morgan fingerprint density at radius 1 is 1.26 bits per heavy atom. The molecular formula is C18H20N4O. The van der Waals surface area contributed by atoms with Crippen molar-refractivity contribution in [2.24, 2.45) is 0 Å². The summed E-state index contributed by atoms with van der Waals surface area (Å²) >= 11 is 0. The number of hydrogen-bond donors (Lipinski definition) is 1.